The van der Waals surface area contributed by atoms with E-state index in [1.54, 1.807) is 6.33 Å². The monoisotopic (exact) mass is 304 g/mol. The third-order valence-corrected chi connectivity index (χ3v) is 4.44. The number of nitrogens with one attached hydrogen (secondary N) is 1. The standard InChI is InChI=1S/C19H20N4/c1-14-7-8-18-17(11-14)19(21-13-20-18)22-15-9-10-23(12-15)16-5-3-2-4-6-16/h2-8,11,13,15H,9-10,12H2,1H3,(H,20,21,22). The molecule has 0 amide bonds. The van der Waals surface area contributed by atoms with E-state index in [9.17, 15) is 0 Å². The van der Waals surface area contributed by atoms with Gasteiger partial charge < -0.3 is 10.2 Å². The van der Waals surface area contributed by atoms with Crippen molar-refractivity contribution in [3.05, 3.63) is 60.4 Å². The Morgan fingerprint density at radius 1 is 1.09 bits per heavy atom. The maximum atomic E-state index is 4.47. The number of fused-ring (bicyclic) bond motifs is 1. The molecule has 1 saturated heterocycles. The molecule has 2 aromatic carbocycles. The van der Waals surface area contributed by atoms with Crippen LogP contribution in [0.3, 0.4) is 0 Å². The second-order valence-electron chi connectivity index (χ2n) is 6.15. The summed E-state index contributed by atoms with van der Waals surface area (Å²) in [6.07, 6.45) is 2.76. The Morgan fingerprint density at radius 2 is 1.96 bits per heavy atom. The molecule has 2 heterocycles. The molecule has 1 aromatic heterocycles. The SMILES string of the molecule is Cc1ccc2ncnc(NC3CCN(c4ccccc4)C3)c2c1. The van der Waals surface area contributed by atoms with E-state index in [-0.39, 0.29) is 0 Å². The molecule has 1 fully saturated rings. The predicted octanol–water partition coefficient (Wildman–Crippen LogP) is 3.63. The van der Waals surface area contributed by atoms with Gasteiger partial charge in [-0.2, -0.15) is 0 Å². The van der Waals surface area contributed by atoms with Crippen molar-refractivity contribution in [3.8, 4) is 0 Å². The zero-order valence-electron chi connectivity index (χ0n) is 13.2. The zero-order valence-corrected chi connectivity index (χ0v) is 13.2. The van der Waals surface area contributed by atoms with Crippen molar-refractivity contribution in [2.75, 3.05) is 23.3 Å². The summed E-state index contributed by atoms with van der Waals surface area (Å²) >= 11 is 0. The lowest BCUT2D eigenvalue weighted by Gasteiger charge is -2.19. The maximum absolute atomic E-state index is 4.47. The number of aryl methyl sites for hydroxylation is 1. The summed E-state index contributed by atoms with van der Waals surface area (Å²) in [5, 5.41) is 4.72. The van der Waals surface area contributed by atoms with Gasteiger partial charge in [0, 0.05) is 30.2 Å². The van der Waals surface area contributed by atoms with Crippen LogP contribution < -0.4 is 10.2 Å². The van der Waals surface area contributed by atoms with Crippen LogP contribution in [0.1, 0.15) is 12.0 Å². The molecule has 3 aromatic rings. The highest BCUT2D eigenvalue weighted by molar-refractivity contribution is 5.89. The van der Waals surface area contributed by atoms with Gasteiger partial charge >= 0.3 is 0 Å². The second-order valence-corrected chi connectivity index (χ2v) is 6.15. The summed E-state index contributed by atoms with van der Waals surface area (Å²) in [5.41, 5.74) is 3.51. The first kappa shape index (κ1) is 14.0. The van der Waals surface area contributed by atoms with E-state index in [1.807, 2.05) is 0 Å². The number of hydrogen-bond acceptors (Lipinski definition) is 4. The van der Waals surface area contributed by atoms with Crippen LogP contribution in [0.5, 0.6) is 0 Å². The van der Waals surface area contributed by atoms with Gasteiger partial charge in [0.1, 0.15) is 12.1 Å². The van der Waals surface area contributed by atoms with Crippen molar-refractivity contribution in [1.29, 1.82) is 0 Å². The van der Waals surface area contributed by atoms with Gasteiger partial charge in [0.2, 0.25) is 0 Å². The highest BCUT2D eigenvalue weighted by Gasteiger charge is 2.23. The predicted molar refractivity (Wildman–Crippen MR) is 95.0 cm³/mol. The van der Waals surface area contributed by atoms with E-state index in [0.717, 1.165) is 36.2 Å². The van der Waals surface area contributed by atoms with E-state index in [0.29, 0.717) is 6.04 Å². The second kappa shape index (κ2) is 5.88. The summed E-state index contributed by atoms with van der Waals surface area (Å²) < 4.78 is 0. The van der Waals surface area contributed by atoms with Crippen molar-refractivity contribution < 1.29 is 0 Å². The molecule has 1 atom stereocenters. The highest BCUT2D eigenvalue weighted by atomic mass is 15.2. The molecule has 4 heteroatoms. The molecular weight excluding hydrogens is 284 g/mol. The number of anilines is 2. The fraction of sp³-hybridized carbons (Fsp3) is 0.263. The van der Waals surface area contributed by atoms with Gasteiger partial charge in [-0.1, -0.05) is 29.8 Å². The summed E-state index contributed by atoms with van der Waals surface area (Å²) in [7, 11) is 0. The third kappa shape index (κ3) is 2.84. The first-order chi connectivity index (χ1) is 11.3. The average Bonchev–Trinajstić information content (AvgIpc) is 3.05. The lowest BCUT2D eigenvalue weighted by atomic mass is 10.1. The van der Waals surface area contributed by atoms with E-state index >= 15 is 0 Å². The van der Waals surface area contributed by atoms with Crippen LogP contribution in [-0.4, -0.2) is 29.1 Å². The molecule has 0 aliphatic carbocycles. The Morgan fingerprint density at radius 3 is 2.83 bits per heavy atom. The summed E-state index contributed by atoms with van der Waals surface area (Å²) in [6.45, 7) is 4.17. The minimum atomic E-state index is 0.411. The Hall–Kier alpha value is -2.62. The molecule has 4 nitrogen and oxygen atoms in total. The Bertz CT molecular complexity index is 816. The van der Waals surface area contributed by atoms with Crippen LogP contribution >= 0.6 is 0 Å². The fourth-order valence-electron chi connectivity index (χ4n) is 3.23. The Kier molecular flexibility index (Phi) is 3.58. The number of aromatic nitrogens is 2. The van der Waals surface area contributed by atoms with Gasteiger partial charge in [-0.05, 0) is 37.6 Å². The summed E-state index contributed by atoms with van der Waals surface area (Å²) in [5.74, 6) is 0.943. The van der Waals surface area contributed by atoms with Gasteiger partial charge in [0.25, 0.3) is 0 Å². The molecule has 4 rings (SSSR count). The molecule has 1 N–H and O–H groups in total. The molecule has 23 heavy (non-hydrogen) atoms. The normalized spacial score (nSPS) is 17.6. The van der Waals surface area contributed by atoms with E-state index in [1.165, 1.54) is 11.3 Å². The molecule has 0 radical (unpaired) electrons. The van der Waals surface area contributed by atoms with Crippen molar-refractivity contribution in [2.24, 2.45) is 0 Å². The number of benzene rings is 2. The van der Waals surface area contributed by atoms with Crippen LogP contribution in [0.2, 0.25) is 0 Å². The lowest BCUT2D eigenvalue weighted by molar-refractivity contribution is 0.802. The first-order valence-corrected chi connectivity index (χ1v) is 8.07. The minimum absolute atomic E-state index is 0.411. The Balaban J connectivity index is 1.54. The van der Waals surface area contributed by atoms with Gasteiger partial charge in [-0.15, -0.1) is 0 Å². The molecule has 116 valence electrons. The molecule has 1 aliphatic rings. The minimum Gasteiger partial charge on any atom is -0.369 e. The lowest BCUT2D eigenvalue weighted by Crippen LogP contribution is -2.26. The quantitative estimate of drug-likeness (QED) is 0.802. The van der Waals surface area contributed by atoms with Crippen molar-refractivity contribution in [3.63, 3.8) is 0 Å². The van der Waals surface area contributed by atoms with Gasteiger partial charge in [0.05, 0.1) is 5.52 Å². The van der Waals surface area contributed by atoms with Crippen molar-refractivity contribution in [1.82, 2.24) is 9.97 Å². The highest BCUT2D eigenvalue weighted by Crippen LogP contribution is 2.25. The van der Waals surface area contributed by atoms with Gasteiger partial charge in [0.15, 0.2) is 0 Å². The molecule has 0 bridgehead atoms. The largest absolute Gasteiger partial charge is 0.369 e. The van der Waals surface area contributed by atoms with Crippen molar-refractivity contribution >= 4 is 22.4 Å². The van der Waals surface area contributed by atoms with Crippen LogP contribution in [0.15, 0.2) is 54.9 Å². The van der Waals surface area contributed by atoms with Crippen LogP contribution in [0.4, 0.5) is 11.5 Å². The number of hydrogen-bond donors (Lipinski definition) is 1. The first-order valence-electron chi connectivity index (χ1n) is 8.07. The number of rotatable bonds is 3. The smallest absolute Gasteiger partial charge is 0.137 e. The summed E-state index contributed by atoms with van der Waals surface area (Å²) in [6, 6.07) is 17.3. The van der Waals surface area contributed by atoms with E-state index < -0.39 is 0 Å². The third-order valence-electron chi connectivity index (χ3n) is 4.44. The zero-order chi connectivity index (χ0) is 15.6. The summed E-state index contributed by atoms with van der Waals surface area (Å²) in [4.78, 5) is 11.2. The number of para-hydroxylation sites is 1. The molecule has 0 saturated carbocycles. The molecule has 1 unspecified atom stereocenters. The molecular formula is C19H20N4. The van der Waals surface area contributed by atoms with Crippen molar-refractivity contribution in [2.45, 2.75) is 19.4 Å². The molecule has 1 aliphatic heterocycles. The number of nitrogens with zero attached hydrogens (tertiary/aromatic N) is 3. The molecule has 0 spiro atoms. The average molecular weight is 304 g/mol. The van der Waals surface area contributed by atoms with Crippen LogP contribution in [0, 0.1) is 6.92 Å². The van der Waals surface area contributed by atoms with Gasteiger partial charge in [-0.3, -0.25) is 0 Å². The van der Waals surface area contributed by atoms with Gasteiger partial charge in [-0.25, -0.2) is 9.97 Å². The maximum Gasteiger partial charge on any atom is 0.137 e. The topological polar surface area (TPSA) is 41.1 Å². The van der Waals surface area contributed by atoms with E-state index in [4.69, 9.17) is 0 Å². The Labute approximate surface area is 136 Å². The van der Waals surface area contributed by atoms with E-state index in [2.05, 4.69) is 75.6 Å². The van der Waals surface area contributed by atoms with Crippen LogP contribution in [-0.2, 0) is 0 Å². The fourth-order valence-corrected chi connectivity index (χ4v) is 3.23. The van der Waals surface area contributed by atoms with Crippen LogP contribution in [0.25, 0.3) is 10.9 Å².